The van der Waals surface area contributed by atoms with Crippen molar-refractivity contribution < 1.29 is 10.2 Å². The molecule has 0 bridgehead atoms. The fourth-order valence-corrected chi connectivity index (χ4v) is 2.77. The van der Waals surface area contributed by atoms with Crippen LogP contribution in [0, 0.1) is 6.92 Å². The van der Waals surface area contributed by atoms with E-state index in [1.807, 2.05) is 25.1 Å². The Bertz CT molecular complexity index is 1050. The van der Waals surface area contributed by atoms with Gasteiger partial charge in [-0.2, -0.15) is 0 Å². The number of benzene rings is 3. The van der Waals surface area contributed by atoms with Crippen molar-refractivity contribution in [1.29, 1.82) is 0 Å². The number of rotatable bonds is 4. The van der Waals surface area contributed by atoms with Gasteiger partial charge in [0.25, 0.3) is 0 Å². The molecule has 3 rings (SSSR count). The molecule has 0 aliphatic carbocycles. The lowest BCUT2D eigenvalue weighted by Crippen LogP contribution is -1.84. The molecule has 0 amide bonds. The maximum absolute atomic E-state index is 9.85. The maximum atomic E-state index is 9.85. The summed E-state index contributed by atoms with van der Waals surface area (Å²) in [5.41, 5.74) is 3.47. The van der Waals surface area contributed by atoms with Crippen LogP contribution in [0.1, 0.15) is 16.7 Å². The number of nitrogens with zero attached hydrogens (tertiary/aromatic N) is 2. The molecule has 0 aliphatic rings. The Balaban J connectivity index is 1.81. The Hall–Kier alpha value is -2.82. The van der Waals surface area contributed by atoms with Crippen LogP contribution in [-0.2, 0) is 0 Å². The number of aryl methyl sites for hydroxylation is 1. The lowest BCUT2D eigenvalue weighted by molar-refractivity contribution is 0.474. The highest BCUT2D eigenvalue weighted by atomic mass is 35.5. The fraction of sp³-hybridized carbons (Fsp3) is 0.0476. The van der Waals surface area contributed by atoms with Gasteiger partial charge in [-0.15, -0.1) is 0 Å². The Morgan fingerprint density at radius 2 is 1.30 bits per heavy atom. The second-order valence-corrected chi connectivity index (χ2v) is 6.77. The third-order valence-corrected chi connectivity index (χ3v) is 4.33. The molecule has 0 aromatic heterocycles. The van der Waals surface area contributed by atoms with Crippen LogP contribution >= 0.6 is 23.2 Å². The summed E-state index contributed by atoms with van der Waals surface area (Å²) < 4.78 is 0. The average Bonchev–Trinajstić information content (AvgIpc) is 2.64. The van der Waals surface area contributed by atoms with Crippen molar-refractivity contribution in [3.8, 4) is 11.5 Å². The molecule has 0 aliphatic heterocycles. The minimum Gasteiger partial charge on any atom is -0.507 e. The van der Waals surface area contributed by atoms with E-state index < -0.39 is 0 Å². The summed E-state index contributed by atoms with van der Waals surface area (Å²) in [6.07, 6.45) is 3.12. The molecule has 0 atom stereocenters. The molecule has 136 valence electrons. The van der Waals surface area contributed by atoms with Gasteiger partial charge >= 0.3 is 0 Å². The van der Waals surface area contributed by atoms with Crippen molar-refractivity contribution in [2.75, 3.05) is 0 Å². The normalized spacial score (nSPS) is 11.5. The van der Waals surface area contributed by atoms with Gasteiger partial charge in [-0.3, -0.25) is 9.98 Å². The highest BCUT2D eigenvalue weighted by Crippen LogP contribution is 2.26. The van der Waals surface area contributed by atoms with Gasteiger partial charge in [-0.25, -0.2) is 0 Å². The third-order valence-electron chi connectivity index (χ3n) is 3.85. The molecule has 3 aromatic carbocycles. The molecule has 27 heavy (non-hydrogen) atoms. The van der Waals surface area contributed by atoms with Crippen LogP contribution in [0.4, 0.5) is 11.4 Å². The van der Waals surface area contributed by atoms with Gasteiger partial charge in [0.1, 0.15) is 11.5 Å². The van der Waals surface area contributed by atoms with E-state index >= 15 is 0 Å². The molecule has 0 radical (unpaired) electrons. The summed E-state index contributed by atoms with van der Waals surface area (Å²) in [5, 5.41) is 20.7. The number of hydrogen-bond acceptors (Lipinski definition) is 4. The van der Waals surface area contributed by atoms with Crippen LogP contribution in [0.25, 0.3) is 0 Å². The quantitative estimate of drug-likeness (QED) is 0.512. The van der Waals surface area contributed by atoms with Crippen molar-refractivity contribution in [2.24, 2.45) is 9.98 Å². The first kappa shape index (κ1) is 19.0. The topological polar surface area (TPSA) is 65.2 Å². The zero-order valence-electron chi connectivity index (χ0n) is 14.4. The van der Waals surface area contributed by atoms with Gasteiger partial charge in [0.2, 0.25) is 0 Å². The first-order chi connectivity index (χ1) is 12.9. The van der Waals surface area contributed by atoms with Crippen LogP contribution < -0.4 is 0 Å². The molecule has 6 heteroatoms. The van der Waals surface area contributed by atoms with Crippen molar-refractivity contribution >= 4 is 47.0 Å². The van der Waals surface area contributed by atoms with Crippen molar-refractivity contribution in [3.05, 3.63) is 81.3 Å². The number of halogens is 2. The summed E-state index contributed by atoms with van der Waals surface area (Å²) in [5.74, 6) is 0.228. The van der Waals surface area contributed by atoms with E-state index in [9.17, 15) is 10.2 Å². The van der Waals surface area contributed by atoms with Gasteiger partial charge in [0.05, 0.1) is 11.4 Å². The predicted molar refractivity (Wildman–Crippen MR) is 112 cm³/mol. The zero-order chi connectivity index (χ0) is 19.4. The van der Waals surface area contributed by atoms with Crippen LogP contribution in [0.5, 0.6) is 11.5 Å². The summed E-state index contributed by atoms with van der Waals surface area (Å²) in [7, 11) is 0. The SMILES string of the molecule is Cc1cc(N=Cc2cc(Cl)ccc2O)ccc1N=Cc1cc(Cl)ccc1O. The summed E-state index contributed by atoms with van der Waals surface area (Å²) >= 11 is 11.9. The average molecular weight is 399 g/mol. The first-order valence-corrected chi connectivity index (χ1v) is 8.84. The molecular formula is C21H16Cl2N2O2. The first-order valence-electron chi connectivity index (χ1n) is 8.08. The Kier molecular flexibility index (Phi) is 5.79. The second kappa shape index (κ2) is 8.25. The minimum atomic E-state index is 0.113. The molecule has 0 saturated heterocycles. The molecule has 0 unspecified atom stereocenters. The number of hydrogen-bond donors (Lipinski definition) is 2. The molecule has 4 nitrogen and oxygen atoms in total. The largest absolute Gasteiger partial charge is 0.507 e. The summed E-state index contributed by atoms with van der Waals surface area (Å²) in [4.78, 5) is 8.78. The molecule has 0 fully saturated rings. The molecule has 0 heterocycles. The van der Waals surface area contributed by atoms with E-state index in [2.05, 4.69) is 9.98 Å². The maximum Gasteiger partial charge on any atom is 0.124 e. The van der Waals surface area contributed by atoms with Gasteiger partial charge in [-0.1, -0.05) is 23.2 Å². The summed E-state index contributed by atoms with van der Waals surface area (Å²) in [6.45, 7) is 1.92. The fourth-order valence-electron chi connectivity index (χ4n) is 2.41. The standard InChI is InChI=1S/C21H16Cl2N2O2/c1-13-8-18(24-11-14-9-16(22)2-6-20(14)26)4-5-19(13)25-12-15-10-17(23)3-7-21(15)27/h2-12,26-27H,1H3. The van der Waals surface area contributed by atoms with E-state index in [0.29, 0.717) is 21.2 Å². The van der Waals surface area contributed by atoms with Crippen LogP contribution in [0.15, 0.2) is 64.6 Å². The lowest BCUT2D eigenvalue weighted by Gasteiger charge is -2.03. The highest BCUT2D eigenvalue weighted by molar-refractivity contribution is 6.31. The Labute approximate surface area is 167 Å². The number of phenols is 2. The van der Waals surface area contributed by atoms with E-state index in [1.54, 1.807) is 36.7 Å². The smallest absolute Gasteiger partial charge is 0.124 e. The number of aliphatic imine (C=N–C) groups is 2. The number of phenolic OH excluding ortho intramolecular Hbond substituents is 2. The lowest BCUT2D eigenvalue weighted by atomic mass is 10.1. The van der Waals surface area contributed by atoms with E-state index in [4.69, 9.17) is 23.2 Å². The van der Waals surface area contributed by atoms with E-state index in [-0.39, 0.29) is 11.5 Å². The summed E-state index contributed by atoms with van der Waals surface area (Å²) in [6, 6.07) is 15.1. The van der Waals surface area contributed by atoms with Crippen LogP contribution in [-0.4, -0.2) is 22.6 Å². The van der Waals surface area contributed by atoms with Gasteiger partial charge < -0.3 is 10.2 Å². The Morgan fingerprint density at radius 3 is 1.85 bits per heavy atom. The van der Waals surface area contributed by atoms with E-state index in [0.717, 1.165) is 16.9 Å². The third kappa shape index (κ3) is 4.88. The molecule has 0 saturated carbocycles. The van der Waals surface area contributed by atoms with Gasteiger partial charge in [0, 0.05) is 33.6 Å². The minimum absolute atomic E-state index is 0.113. The zero-order valence-corrected chi connectivity index (χ0v) is 15.9. The highest BCUT2D eigenvalue weighted by Gasteiger charge is 2.02. The second-order valence-electron chi connectivity index (χ2n) is 5.89. The molecule has 0 spiro atoms. The molecule has 3 aromatic rings. The predicted octanol–water partition coefficient (Wildman–Crippen LogP) is 6.21. The van der Waals surface area contributed by atoms with Crippen LogP contribution in [0.3, 0.4) is 0 Å². The number of aromatic hydroxyl groups is 2. The van der Waals surface area contributed by atoms with Crippen LogP contribution in [0.2, 0.25) is 10.0 Å². The molecular weight excluding hydrogens is 383 g/mol. The Morgan fingerprint density at radius 1 is 0.741 bits per heavy atom. The van der Waals surface area contributed by atoms with Gasteiger partial charge in [-0.05, 0) is 67.1 Å². The van der Waals surface area contributed by atoms with Crippen molar-refractivity contribution in [3.63, 3.8) is 0 Å². The van der Waals surface area contributed by atoms with Crippen molar-refractivity contribution in [1.82, 2.24) is 0 Å². The van der Waals surface area contributed by atoms with E-state index in [1.165, 1.54) is 12.1 Å². The monoisotopic (exact) mass is 398 g/mol. The van der Waals surface area contributed by atoms with Crippen molar-refractivity contribution in [2.45, 2.75) is 6.92 Å². The molecule has 2 N–H and O–H groups in total. The van der Waals surface area contributed by atoms with Gasteiger partial charge in [0.15, 0.2) is 0 Å².